The Morgan fingerprint density at radius 3 is 2.42 bits per heavy atom. The lowest BCUT2D eigenvalue weighted by Gasteiger charge is -2.43. The number of hydrogen-bond acceptors (Lipinski definition) is 6. The molecule has 2 aromatic rings. The molecule has 2 heterocycles. The molecule has 0 radical (unpaired) electrons. The number of nitrogens with two attached hydrogens (primary N) is 1. The number of carbonyl (C=O) groups is 4. The molecule has 10 nitrogen and oxygen atoms in total. The van der Waals surface area contributed by atoms with E-state index in [2.05, 4.69) is 5.32 Å². The Morgan fingerprint density at radius 2 is 1.88 bits per heavy atom. The van der Waals surface area contributed by atoms with E-state index in [0.29, 0.717) is 22.4 Å². The van der Waals surface area contributed by atoms with Gasteiger partial charge in [0.1, 0.15) is 12.0 Å². The molecule has 1 aliphatic heterocycles. The van der Waals surface area contributed by atoms with Crippen molar-refractivity contribution in [1.29, 1.82) is 5.41 Å². The molecule has 3 rings (SSSR count). The van der Waals surface area contributed by atoms with E-state index in [1.165, 1.54) is 33.3 Å². The van der Waals surface area contributed by atoms with Crippen LogP contribution in [0.3, 0.4) is 0 Å². The average Bonchev–Trinajstić information content (AvgIpc) is 3.32. The second-order valence-corrected chi connectivity index (χ2v) is 8.54. The van der Waals surface area contributed by atoms with Crippen LogP contribution in [0.1, 0.15) is 46.6 Å². The number of amidine groups is 1. The lowest BCUT2D eigenvalue weighted by Crippen LogP contribution is -2.65. The van der Waals surface area contributed by atoms with E-state index >= 15 is 0 Å². The van der Waals surface area contributed by atoms with Crippen molar-refractivity contribution in [3.8, 4) is 0 Å². The number of aliphatic carboxylic acids is 1. The lowest BCUT2D eigenvalue weighted by molar-refractivity contribution is -0.162. The molecule has 2 atom stereocenters. The van der Waals surface area contributed by atoms with E-state index in [1.54, 1.807) is 29.6 Å². The van der Waals surface area contributed by atoms with Crippen molar-refractivity contribution in [2.75, 3.05) is 13.1 Å². The number of piperazine rings is 1. The van der Waals surface area contributed by atoms with Crippen LogP contribution in [-0.4, -0.2) is 63.7 Å². The van der Waals surface area contributed by atoms with Crippen molar-refractivity contribution >= 4 is 40.9 Å². The Labute approximate surface area is 194 Å². The summed E-state index contributed by atoms with van der Waals surface area (Å²) in [5, 5.41) is 21.4. The number of thiophene rings is 1. The molecule has 1 aromatic carbocycles. The summed E-state index contributed by atoms with van der Waals surface area (Å²) < 4.78 is 0. The van der Waals surface area contributed by atoms with Crippen molar-refractivity contribution < 1.29 is 24.3 Å². The molecule has 1 fully saturated rings. The minimum absolute atomic E-state index is 0.0440. The summed E-state index contributed by atoms with van der Waals surface area (Å²) in [5.74, 6) is -3.27. The smallest absolute Gasteiger partial charge is 0.313 e. The number of carboxylic acids is 1. The highest BCUT2D eigenvalue weighted by Gasteiger charge is 2.43. The van der Waals surface area contributed by atoms with Crippen molar-refractivity contribution in [2.45, 2.75) is 32.0 Å². The minimum Gasteiger partial charge on any atom is -0.481 e. The monoisotopic (exact) mass is 471 g/mol. The van der Waals surface area contributed by atoms with Crippen LogP contribution in [0.2, 0.25) is 0 Å². The molecule has 0 bridgehead atoms. The molecule has 1 aromatic heterocycles. The van der Waals surface area contributed by atoms with Gasteiger partial charge in [0.2, 0.25) is 0 Å². The van der Waals surface area contributed by atoms with Crippen LogP contribution < -0.4 is 11.1 Å². The Morgan fingerprint density at radius 1 is 1.21 bits per heavy atom. The van der Waals surface area contributed by atoms with E-state index in [-0.39, 0.29) is 25.3 Å². The predicted octanol–water partition coefficient (Wildman–Crippen LogP) is 1.38. The van der Waals surface area contributed by atoms with E-state index < -0.39 is 35.9 Å². The zero-order valence-corrected chi connectivity index (χ0v) is 18.8. The molecule has 5 N–H and O–H groups in total. The van der Waals surface area contributed by atoms with Gasteiger partial charge in [-0.25, -0.2) is 0 Å². The SMILES string of the molecule is CCCN1C(=O)C(=O)N(C(CC(=O)O)c2cccs2)CC1NC(=O)c1ccc(C(=N)N)cc1. The topological polar surface area (TPSA) is 157 Å². The number of nitrogens with one attached hydrogen (secondary N) is 2. The summed E-state index contributed by atoms with van der Waals surface area (Å²) in [6.07, 6.45) is -0.616. The summed E-state index contributed by atoms with van der Waals surface area (Å²) in [6.45, 7) is 2.06. The fourth-order valence-corrected chi connectivity index (χ4v) is 4.53. The van der Waals surface area contributed by atoms with Crippen LogP contribution in [0.15, 0.2) is 41.8 Å². The van der Waals surface area contributed by atoms with Crippen LogP contribution in [0, 0.1) is 5.41 Å². The number of benzene rings is 1. The molecule has 1 aliphatic rings. The third-order valence-corrected chi connectivity index (χ3v) is 6.26. The van der Waals surface area contributed by atoms with Crippen LogP contribution in [0.4, 0.5) is 0 Å². The highest BCUT2D eigenvalue weighted by molar-refractivity contribution is 7.10. The van der Waals surface area contributed by atoms with Gasteiger partial charge in [0.05, 0.1) is 19.0 Å². The zero-order valence-electron chi connectivity index (χ0n) is 18.0. The molecular weight excluding hydrogens is 446 g/mol. The Hall–Kier alpha value is -3.73. The predicted molar refractivity (Wildman–Crippen MR) is 122 cm³/mol. The summed E-state index contributed by atoms with van der Waals surface area (Å²) in [6, 6.07) is 8.77. The van der Waals surface area contributed by atoms with E-state index in [1.807, 2.05) is 6.92 Å². The maximum Gasteiger partial charge on any atom is 0.313 e. The number of carbonyl (C=O) groups excluding carboxylic acids is 3. The number of carboxylic acid groups (broad SMARTS) is 1. The minimum atomic E-state index is -1.10. The molecule has 3 amide bonds. The largest absolute Gasteiger partial charge is 0.481 e. The second-order valence-electron chi connectivity index (χ2n) is 7.57. The van der Waals surface area contributed by atoms with Gasteiger partial charge in [-0.05, 0) is 30.0 Å². The van der Waals surface area contributed by atoms with E-state index in [0.717, 1.165) is 0 Å². The maximum absolute atomic E-state index is 12.9. The maximum atomic E-state index is 12.9. The van der Waals surface area contributed by atoms with Crippen molar-refractivity contribution in [3.63, 3.8) is 0 Å². The first-order valence-electron chi connectivity index (χ1n) is 10.3. The Kier molecular flexibility index (Phi) is 7.44. The van der Waals surface area contributed by atoms with Gasteiger partial charge in [-0.15, -0.1) is 11.3 Å². The van der Waals surface area contributed by atoms with Crippen LogP contribution in [0.5, 0.6) is 0 Å². The summed E-state index contributed by atoms with van der Waals surface area (Å²) >= 11 is 1.30. The van der Waals surface area contributed by atoms with Crippen LogP contribution in [0.25, 0.3) is 0 Å². The number of rotatable bonds is 9. The standard InChI is InChI=1S/C22H25N5O5S/c1-2-9-26-17(25-20(30)14-7-5-13(6-8-14)19(23)24)12-27(22(32)21(26)31)15(11-18(28)29)16-4-3-10-33-16/h3-8,10,15,17H,2,9,11-12H2,1H3,(H3,23,24)(H,25,30)(H,28,29). The lowest BCUT2D eigenvalue weighted by atomic mass is 10.1. The molecular formula is C22H25N5O5S. The third kappa shape index (κ3) is 5.37. The molecule has 33 heavy (non-hydrogen) atoms. The van der Waals surface area contributed by atoms with E-state index in [9.17, 15) is 24.3 Å². The van der Waals surface area contributed by atoms with Crippen molar-refractivity contribution in [2.24, 2.45) is 5.73 Å². The average molecular weight is 472 g/mol. The highest BCUT2D eigenvalue weighted by Crippen LogP contribution is 2.31. The van der Waals surface area contributed by atoms with Gasteiger partial charge in [0.25, 0.3) is 5.91 Å². The van der Waals surface area contributed by atoms with Crippen molar-refractivity contribution in [1.82, 2.24) is 15.1 Å². The van der Waals surface area contributed by atoms with Gasteiger partial charge in [-0.1, -0.05) is 25.1 Å². The van der Waals surface area contributed by atoms with Gasteiger partial charge in [0, 0.05) is 22.5 Å². The molecule has 0 aliphatic carbocycles. The molecule has 174 valence electrons. The third-order valence-electron chi connectivity index (χ3n) is 5.29. The fourth-order valence-electron chi connectivity index (χ4n) is 3.69. The zero-order chi connectivity index (χ0) is 24.1. The van der Waals surface area contributed by atoms with E-state index in [4.69, 9.17) is 11.1 Å². The first-order chi connectivity index (χ1) is 15.7. The Bertz CT molecular complexity index is 1050. The highest BCUT2D eigenvalue weighted by atomic mass is 32.1. The fraction of sp³-hybridized carbons (Fsp3) is 0.318. The Balaban J connectivity index is 1.88. The normalized spacial score (nSPS) is 17.1. The first-order valence-corrected chi connectivity index (χ1v) is 11.2. The molecule has 0 spiro atoms. The summed E-state index contributed by atoms with van der Waals surface area (Å²) in [4.78, 5) is 53.4. The quantitative estimate of drug-likeness (QED) is 0.246. The summed E-state index contributed by atoms with van der Waals surface area (Å²) in [5.41, 5.74) is 6.22. The van der Waals surface area contributed by atoms with Crippen LogP contribution >= 0.6 is 11.3 Å². The molecule has 1 saturated heterocycles. The molecule has 2 unspecified atom stereocenters. The van der Waals surface area contributed by atoms with Crippen LogP contribution in [-0.2, 0) is 14.4 Å². The second kappa shape index (κ2) is 10.3. The first kappa shape index (κ1) is 23.9. The number of hydrogen-bond donors (Lipinski definition) is 4. The van der Waals surface area contributed by atoms with Gasteiger partial charge in [-0.3, -0.25) is 24.6 Å². The van der Waals surface area contributed by atoms with Gasteiger partial charge in [-0.2, -0.15) is 0 Å². The van der Waals surface area contributed by atoms with Gasteiger partial charge < -0.3 is 26.0 Å². The van der Waals surface area contributed by atoms with Gasteiger partial charge >= 0.3 is 17.8 Å². The summed E-state index contributed by atoms with van der Waals surface area (Å²) in [7, 11) is 0. The number of nitrogen functional groups attached to an aromatic ring is 1. The number of nitrogens with zero attached hydrogens (tertiary/aromatic N) is 2. The van der Waals surface area contributed by atoms with Crippen molar-refractivity contribution in [3.05, 3.63) is 57.8 Å². The molecule has 0 saturated carbocycles. The van der Waals surface area contributed by atoms with Gasteiger partial charge in [0.15, 0.2) is 0 Å². The molecule has 11 heteroatoms. The number of amides is 3.